The van der Waals surface area contributed by atoms with Crippen LogP contribution in [0.3, 0.4) is 0 Å². The molecule has 0 radical (unpaired) electrons. The zero-order valence-corrected chi connectivity index (χ0v) is 36.1. The summed E-state index contributed by atoms with van der Waals surface area (Å²) in [6.07, 6.45) is 0. The lowest BCUT2D eigenvalue weighted by molar-refractivity contribution is 0.0358. The lowest BCUT2D eigenvalue weighted by atomic mass is 9.71. The zero-order chi connectivity index (χ0) is 43.4. The van der Waals surface area contributed by atoms with Crippen LogP contribution >= 0.6 is 0 Å². The summed E-state index contributed by atoms with van der Waals surface area (Å²) in [6.45, 7) is 15.1. The Bertz CT molecular complexity index is 2580. The summed E-state index contributed by atoms with van der Waals surface area (Å²) in [5.41, 5.74) is 5.98. The molecule has 0 aliphatic carbocycles. The molecule has 0 heterocycles. The van der Waals surface area contributed by atoms with Crippen LogP contribution in [0.4, 0.5) is 0 Å². The third-order valence-corrected chi connectivity index (χ3v) is 11.6. The molecule has 0 fully saturated rings. The molecule has 0 bridgehead atoms. The van der Waals surface area contributed by atoms with Crippen LogP contribution in [0.5, 0.6) is 34.5 Å². The molecule has 0 N–H and O–H groups in total. The van der Waals surface area contributed by atoms with E-state index in [1.807, 2.05) is 72.8 Å². The quantitative estimate of drug-likeness (QED) is 0.102. The molecule has 6 heteroatoms. The largest absolute Gasteiger partial charge is 0.497 e. The van der Waals surface area contributed by atoms with Crippen LogP contribution < -0.4 is 18.9 Å². The van der Waals surface area contributed by atoms with Crippen LogP contribution in [-0.2, 0) is 10.8 Å². The Morgan fingerprint density at radius 3 is 1.02 bits per heavy atom. The number of ether oxygens (including phenoxy) is 4. The number of hydrogen-bond acceptors (Lipinski definition) is 6. The van der Waals surface area contributed by atoms with Crippen molar-refractivity contribution < 1.29 is 28.5 Å². The van der Waals surface area contributed by atoms with Gasteiger partial charge in [-0.05, 0) is 163 Å². The van der Waals surface area contributed by atoms with Gasteiger partial charge in [0.25, 0.3) is 0 Å². The highest BCUT2D eigenvalue weighted by molar-refractivity contribution is 6.09. The Balaban J connectivity index is 0.932. The number of benzene rings is 7. The molecular formula is C55H52O6. The molecule has 0 amide bonds. The first-order valence-corrected chi connectivity index (χ1v) is 20.5. The van der Waals surface area contributed by atoms with Crippen molar-refractivity contribution in [1.82, 2.24) is 0 Å². The van der Waals surface area contributed by atoms with Gasteiger partial charge >= 0.3 is 0 Å². The molecule has 0 saturated heterocycles. The second kappa shape index (κ2) is 17.4. The Hall–Kier alpha value is -6.92. The first kappa shape index (κ1) is 42.2. The topological polar surface area (TPSA) is 71.1 Å². The fraction of sp³-hybridized carbons (Fsp3) is 0.200. The summed E-state index contributed by atoms with van der Waals surface area (Å²) in [6, 6.07) is 53.5. The lowest BCUT2D eigenvalue weighted by Crippen LogP contribution is -2.47. The molecule has 7 aromatic rings. The molecular weight excluding hydrogens is 757 g/mol. The van der Waals surface area contributed by atoms with Crippen LogP contribution in [0.15, 0.2) is 170 Å². The van der Waals surface area contributed by atoms with Gasteiger partial charge in [0.15, 0.2) is 11.6 Å². The molecule has 61 heavy (non-hydrogen) atoms. The maximum Gasteiger partial charge on any atom is 0.193 e. The van der Waals surface area contributed by atoms with Crippen molar-refractivity contribution >= 4 is 11.6 Å². The highest BCUT2D eigenvalue weighted by Gasteiger charge is 2.40. The van der Waals surface area contributed by atoms with Crippen LogP contribution in [0.2, 0.25) is 0 Å². The molecule has 0 atom stereocenters. The minimum Gasteiger partial charge on any atom is -0.497 e. The van der Waals surface area contributed by atoms with E-state index < -0.39 is 5.60 Å². The third kappa shape index (κ3) is 9.77. The maximum absolute atomic E-state index is 13.4. The molecule has 0 saturated carbocycles. The molecule has 7 rings (SSSR count). The number of hydrogen-bond donors (Lipinski definition) is 0. The number of rotatable bonds is 14. The van der Waals surface area contributed by atoms with Crippen molar-refractivity contribution in [3.63, 3.8) is 0 Å². The molecule has 0 unspecified atom stereocenters. The summed E-state index contributed by atoms with van der Waals surface area (Å²) in [5, 5.41) is 0. The van der Waals surface area contributed by atoms with Crippen molar-refractivity contribution in [3.05, 3.63) is 203 Å². The van der Waals surface area contributed by atoms with Gasteiger partial charge in [0.2, 0.25) is 0 Å². The van der Waals surface area contributed by atoms with E-state index in [0.717, 1.165) is 22.4 Å². The SMILES string of the molecule is COc1ccc(C(=O)c2ccc(Oc3ccc(-c4ccc(C(C)(C)C(C)(C)Oc5ccc(C(=O)c6ccc(Oc7ccc(C(C)(C)C)cc7)cc6)cc5)cc4)cc3)cc2)cc1. The summed E-state index contributed by atoms with van der Waals surface area (Å²) >= 11 is 0. The molecule has 0 aliphatic rings. The standard InChI is InChI=1S/C55H52O6/c1-53(2,3)43-23-35-49(36-24-43)60-48-31-17-41(18-32-48)52(57)42-19-33-50(34-20-42)61-55(6,7)54(4,5)44-21-9-37(10-22-44)38-11-27-46(28-12-38)59-47-29-15-40(16-30-47)51(56)39-13-25-45(58-8)26-14-39/h9-36H,1-8H3. The highest BCUT2D eigenvalue weighted by atomic mass is 16.5. The molecule has 0 aliphatic heterocycles. The van der Waals surface area contributed by atoms with Gasteiger partial charge in [-0.25, -0.2) is 0 Å². The number of carbonyl (C=O) groups excluding carboxylic acids is 2. The van der Waals surface area contributed by atoms with Gasteiger partial charge in [-0.1, -0.05) is 83.1 Å². The summed E-state index contributed by atoms with van der Waals surface area (Å²) in [4.78, 5) is 26.3. The first-order chi connectivity index (χ1) is 29.1. The van der Waals surface area contributed by atoms with Crippen LogP contribution in [-0.4, -0.2) is 24.3 Å². The van der Waals surface area contributed by atoms with E-state index in [-0.39, 0.29) is 22.4 Å². The molecule has 0 aromatic heterocycles. The average Bonchev–Trinajstić information content (AvgIpc) is 3.27. The first-order valence-electron chi connectivity index (χ1n) is 20.5. The Morgan fingerprint density at radius 2 is 0.656 bits per heavy atom. The minimum atomic E-state index is -0.594. The Labute approximate surface area is 359 Å². The zero-order valence-electron chi connectivity index (χ0n) is 36.1. The van der Waals surface area contributed by atoms with Crippen molar-refractivity contribution in [2.24, 2.45) is 0 Å². The molecule has 308 valence electrons. The van der Waals surface area contributed by atoms with E-state index >= 15 is 0 Å². The van der Waals surface area contributed by atoms with Crippen molar-refractivity contribution in [1.29, 1.82) is 0 Å². The van der Waals surface area contributed by atoms with Gasteiger partial charge < -0.3 is 18.9 Å². The predicted molar refractivity (Wildman–Crippen MR) is 244 cm³/mol. The van der Waals surface area contributed by atoms with E-state index in [4.69, 9.17) is 18.9 Å². The Morgan fingerprint density at radius 1 is 0.361 bits per heavy atom. The van der Waals surface area contributed by atoms with Gasteiger partial charge in [-0.3, -0.25) is 9.59 Å². The van der Waals surface area contributed by atoms with Crippen molar-refractivity contribution in [3.8, 4) is 45.6 Å². The van der Waals surface area contributed by atoms with Gasteiger partial charge in [0.05, 0.1) is 7.11 Å². The highest BCUT2D eigenvalue weighted by Crippen LogP contribution is 2.39. The fourth-order valence-electron chi connectivity index (χ4n) is 6.96. The minimum absolute atomic E-state index is 0.0622. The molecule has 0 spiro atoms. The van der Waals surface area contributed by atoms with E-state index in [1.165, 1.54) is 5.56 Å². The summed E-state index contributed by atoms with van der Waals surface area (Å²) in [5.74, 6) is 4.03. The van der Waals surface area contributed by atoms with Gasteiger partial charge in [-0.15, -0.1) is 0 Å². The molecule has 7 aromatic carbocycles. The normalized spacial score (nSPS) is 11.7. The average molecular weight is 809 g/mol. The Kier molecular flexibility index (Phi) is 12.0. The number of carbonyl (C=O) groups is 2. The van der Waals surface area contributed by atoms with Gasteiger partial charge in [-0.2, -0.15) is 0 Å². The van der Waals surface area contributed by atoms with Gasteiger partial charge in [0, 0.05) is 27.7 Å². The van der Waals surface area contributed by atoms with Crippen molar-refractivity contribution in [2.75, 3.05) is 7.11 Å². The predicted octanol–water partition coefficient (Wildman–Crippen LogP) is 13.8. The monoisotopic (exact) mass is 808 g/mol. The fourth-order valence-corrected chi connectivity index (χ4v) is 6.96. The van der Waals surface area contributed by atoms with Crippen molar-refractivity contribution in [2.45, 2.75) is 64.9 Å². The molecule has 6 nitrogen and oxygen atoms in total. The third-order valence-electron chi connectivity index (χ3n) is 11.6. The smallest absolute Gasteiger partial charge is 0.193 e. The van der Waals surface area contributed by atoms with E-state index in [1.54, 1.807) is 67.8 Å². The van der Waals surface area contributed by atoms with Crippen LogP contribution in [0, 0.1) is 0 Å². The maximum atomic E-state index is 13.4. The number of methoxy groups -OCH3 is 1. The lowest BCUT2D eigenvalue weighted by Gasteiger charge is -2.42. The van der Waals surface area contributed by atoms with E-state index in [2.05, 4.69) is 84.9 Å². The van der Waals surface area contributed by atoms with Crippen LogP contribution in [0.1, 0.15) is 91.4 Å². The van der Waals surface area contributed by atoms with E-state index in [9.17, 15) is 9.59 Å². The number of ketones is 2. The van der Waals surface area contributed by atoms with Gasteiger partial charge in [0.1, 0.15) is 40.1 Å². The second-order valence-electron chi connectivity index (χ2n) is 17.3. The van der Waals surface area contributed by atoms with Crippen LogP contribution in [0.25, 0.3) is 11.1 Å². The van der Waals surface area contributed by atoms with E-state index in [0.29, 0.717) is 51.0 Å². The summed E-state index contributed by atoms with van der Waals surface area (Å²) in [7, 11) is 1.60. The summed E-state index contributed by atoms with van der Waals surface area (Å²) < 4.78 is 23.9. The second-order valence-corrected chi connectivity index (χ2v) is 17.3.